The van der Waals surface area contributed by atoms with E-state index in [2.05, 4.69) is 20.6 Å². The predicted octanol–water partition coefficient (Wildman–Crippen LogP) is 4.82. The monoisotopic (exact) mass is 441 g/mol. The Bertz CT molecular complexity index is 1070. The molecule has 5 nitrogen and oxygen atoms in total. The molecule has 0 atom stereocenters. The second-order valence-electron chi connectivity index (χ2n) is 7.05. The maximum Gasteiger partial charge on any atom is 0.417 e. The van der Waals surface area contributed by atoms with E-state index in [1.807, 2.05) is 4.90 Å². The van der Waals surface area contributed by atoms with E-state index in [0.29, 0.717) is 49.3 Å². The Morgan fingerprint density at radius 2 is 1.55 bits per heavy atom. The van der Waals surface area contributed by atoms with Crippen molar-refractivity contribution < 1.29 is 26.3 Å². The standard InChI is InChI=1S/C20H17F6N5/c21-19(22,23)12-1-3-14-15(9-12)30-18(31-7-5-27-6-8-31)10-16(14)29-17-4-2-13(11-28-17)20(24,25)26/h1-4,9-11,27H,5-8H2,(H,28,29,30). The molecule has 11 heteroatoms. The van der Waals surface area contributed by atoms with Crippen molar-refractivity contribution in [3.05, 3.63) is 53.7 Å². The summed E-state index contributed by atoms with van der Waals surface area (Å²) in [5, 5.41) is 6.50. The van der Waals surface area contributed by atoms with Crippen LogP contribution in [0.4, 0.5) is 43.7 Å². The third-order valence-corrected chi connectivity index (χ3v) is 4.92. The van der Waals surface area contributed by atoms with Gasteiger partial charge in [0, 0.05) is 43.8 Å². The van der Waals surface area contributed by atoms with E-state index in [-0.39, 0.29) is 11.3 Å². The van der Waals surface area contributed by atoms with E-state index < -0.39 is 23.5 Å². The van der Waals surface area contributed by atoms with Gasteiger partial charge in [0.05, 0.1) is 22.3 Å². The number of hydrogen-bond donors (Lipinski definition) is 2. The third kappa shape index (κ3) is 4.66. The molecular weight excluding hydrogens is 424 g/mol. The molecule has 4 rings (SSSR count). The molecule has 2 N–H and O–H groups in total. The molecule has 1 saturated heterocycles. The van der Waals surface area contributed by atoms with Crippen molar-refractivity contribution in [2.24, 2.45) is 0 Å². The molecular formula is C20H17F6N5. The van der Waals surface area contributed by atoms with Crippen LogP contribution in [0, 0.1) is 0 Å². The fourth-order valence-electron chi connectivity index (χ4n) is 3.32. The summed E-state index contributed by atoms with van der Waals surface area (Å²) in [5.41, 5.74) is -1.20. The van der Waals surface area contributed by atoms with Crippen LogP contribution in [0.3, 0.4) is 0 Å². The Balaban J connectivity index is 1.76. The third-order valence-electron chi connectivity index (χ3n) is 4.92. The Hall–Kier alpha value is -3.08. The van der Waals surface area contributed by atoms with Gasteiger partial charge in [-0.3, -0.25) is 0 Å². The highest BCUT2D eigenvalue weighted by atomic mass is 19.4. The first-order valence-electron chi connectivity index (χ1n) is 9.39. The molecule has 0 aliphatic carbocycles. The number of nitrogens with zero attached hydrogens (tertiary/aromatic N) is 3. The lowest BCUT2D eigenvalue weighted by Gasteiger charge is -2.29. The highest BCUT2D eigenvalue weighted by molar-refractivity contribution is 5.95. The van der Waals surface area contributed by atoms with Gasteiger partial charge >= 0.3 is 12.4 Å². The molecule has 0 radical (unpaired) electrons. The van der Waals surface area contributed by atoms with Crippen LogP contribution in [0.5, 0.6) is 0 Å². The molecule has 1 aliphatic heterocycles. The van der Waals surface area contributed by atoms with Gasteiger partial charge in [0.2, 0.25) is 0 Å². The quantitative estimate of drug-likeness (QED) is 0.571. The van der Waals surface area contributed by atoms with Crippen molar-refractivity contribution in [3.8, 4) is 0 Å². The van der Waals surface area contributed by atoms with Gasteiger partial charge in [0.15, 0.2) is 0 Å². The van der Waals surface area contributed by atoms with Gasteiger partial charge in [-0.25, -0.2) is 9.97 Å². The smallest absolute Gasteiger partial charge is 0.354 e. The van der Waals surface area contributed by atoms with Crippen molar-refractivity contribution in [1.29, 1.82) is 0 Å². The minimum absolute atomic E-state index is 0.125. The Labute approximate surface area is 173 Å². The number of hydrogen-bond acceptors (Lipinski definition) is 5. The number of piperazine rings is 1. The van der Waals surface area contributed by atoms with Crippen molar-refractivity contribution in [1.82, 2.24) is 15.3 Å². The summed E-state index contributed by atoms with van der Waals surface area (Å²) in [6.07, 6.45) is -8.34. The molecule has 0 saturated carbocycles. The molecule has 0 amide bonds. The number of alkyl halides is 6. The van der Waals surface area contributed by atoms with Crippen molar-refractivity contribution in [2.75, 3.05) is 36.4 Å². The first-order valence-corrected chi connectivity index (χ1v) is 9.39. The van der Waals surface area contributed by atoms with Crippen LogP contribution < -0.4 is 15.5 Å². The van der Waals surface area contributed by atoms with Gasteiger partial charge in [-0.15, -0.1) is 0 Å². The van der Waals surface area contributed by atoms with Gasteiger partial charge in [-0.2, -0.15) is 26.3 Å². The minimum atomic E-state index is -4.52. The van der Waals surface area contributed by atoms with Gasteiger partial charge in [-0.05, 0) is 24.3 Å². The molecule has 3 heterocycles. The van der Waals surface area contributed by atoms with Crippen LogP contribution in [0.1, 0.15) is 11.1 Å². The number of fused-ring (bicyclic) bond motifs is 1. The number of nitrogens with one attached hydrogen (secondary N) is 2. The highest BCUT2D eigenvalue weighted by Crippen LogP contribution is 2.35. The molecule has 0 spiro atoms. The number of rotatable bonds is 3. The fraction of sp³-hybridized carbons (Fsp3) is 0.300. The Morgan fingerprint density at radius 1 is 0.871 bits per heavy atom. The molecule has 0 bridgehead atoms. The number of halogens is 6. The zero-order valence-electron chi connectivity index (χ0n) is 16.0. The van der Waals surface area contributed by atoms with Crippen LogP contribution in [0.2, 0.25) is 0 Å². The maximum atomic E-state index is 13.2. The summed E-state index contributed by atoms with van der Waals surface area (Å²) in [6, 6.07) is 6.92. The maximum absolute atomic E-state index is 13.2. The summed E-state index contributed by atoms with van der Waals surface area (Å²) in [5.74, 6) is 0.606. The largest absolute Gasteiger partial charge is 0.417 e. The average Bonchev–Trinajstić information content (AvgIpc) is 2.73. The van der Waals surface area contributed by atoms with Crippen LogP contribution >= 0.6 is 0 Å². The zero-order valence-corrected chi connectivity index (χ0v) is 16.0. The van der Waals surface area contributed by atoms with E-state index in [0.717, 1.165) is 18.2 Å². The van der Waals surface area contributed by atoms with Crippen molar-refractivity contribution in [3.63, 3.8) is 0 Å². The minimum Gasteiger partial charge on any atom is -0.354 e. The van der Waals surface area contributed by atoms with Crippen LogP contribution in [-0.2, 0) is 12.4 Å². The summed E-state index contributed by atoms with van der Waals surface area (Å²) in [7, 11) is 0. The Kier molecular flexibility index (Phi) is 5.38. The molecule has 1 aliphatic rings. The number of pyridine rings is 2. The summed E-state index contributed by atoms with van der Waals surface area (Å²) in [4.78, 5) is 10.1. The van der Waals surface area contributed by atoms with E-state index in [9.17, 15) is 26.3 Å². The molecule has 164 valence electrons. The van der Waals surface area contributed by atoms with Gasteiger partial charge in [-0.1, -0.05) is 6.07 Å². The normalized spacial score (nSPS) is 15.4. The van der Waals surface area contributed by atoms with Gasteiger partial charge in [0.25, 0.3) is 0 Å². The first-order chi connectivity index (χ1) is 14.6. The number of benzene rings is 1. The van der Waals surface area contributed by atoms with Crippen molar-refractivity contribution in [2.45, 2.75) is 12.4 Å². The SMILES string of the molecule is FC(F)(F)c1ccc(Nc2cc(N3CCNCC3)nc3cc(C(F)(F)F)ccc23)nc1. The molecule has 1 fully saturated rings. The van der Waals surface area contributed by atoms with Crippen LogP contribution in [0.15, 0.2) is 42.6 Å². The predicted molar refractivity (Wildman–Crippen MR) is 104 cm³/mol. The Morgan fingerprint density at radius 3 is 2.16 bits per heavy atom. The van der Waals surface area contributed by atoms with Gasteiger partial charge in [0.1, 0.15) is 11.6 Å². The summed E-state index contributed by atoms with van der Waals surface area (Å²) >= 11 is 0. The second kappa shape index (κ2) is 7.88. The topological polar surface area (TPSA) is 53.1 Å². The lowest BCUT2D eigenvalue weighted by atomic mass is 10.1. The van der Waals surface area contributed by atoms with Crippen LogP contribution in [-0.4, -0.2) is 36.1 Å². The lowest BCUT2D eigenvalue weighted by molar-refractivity contribution is -0.138. The lowest BCUT2D eigenvalue weighted by Crippen LogP contribution is -2.43. The van der Waals surface area contributed by atoms with E-state index in [1.165, 1.54) is 12.1 Å². The van der Waals surface area contributed by atoms with E-state index >= 15 is 0 Å². The summed E-state index contributed by atoms with van der Waals surface area (Å²) in [6.45, 7) is 2.64. The summed E-state index contributed by atoms with van der Waals surface area (Å²) < 4.78 is 77.9. The number of anilines is 3. The molecule has 31 heavy (non-hydrogen) atoms. The van der Waals surface area contributed by atoms with Crippen molar-refractivity contribution >= 4 is 28.2 Å². The van der Waals surface area contributed by atoms with E-state index in [4.69, 9.17) is 0 Å². The highest BCUT2D eigenvalue weighted by Gasteiger charge is 2.32. The zero-order chi connectivity index (χ0) is 22.2. The number of aromatic nitrogens is 2. The second-order valence-corrected chi connectivity index (χ2v) is 7.05. The molecule has 2 aromatic heterocycles. The van der Waals surface area contributed by atoms with E-state index in [1.54, 1.807) is 6.07 Å². The first kappa shape index (κ1) is 21.2. The van der Waals surface area contributed by atoms with Gasteiger partial charge < -0.3 is 15.5 Å². The fourth-order valence-corrected chi connectivity index (χ4v) is 3.32. The van der Waals surface area contributed by atoms with Crippen LogP contribution in [0.25, 0.3) is 10.9 Å². The molecule has 0 unspecified atom stereocenters. The molecule has 3 aromatic rings. The molecule has 1 aromatic carbocycles. The average molecular weight is 441 g/mol.